The van der Waals surface area contributed by atoms with E-state index in [-0.39, 0.29) is 25.8 Å². The zero-order chi connectivity index (χ0) is 38.0. The summed E-state index contributed by atoms with van der Waals surface area (Å²) in [7, 11) is -2.88. The van der Waals surface area contributed by atoms with Crippen molar-refractivity contribution >= 4 is 40.1 Å². The van der Waals surface area contributed by atoms with Gasteiger partial charge in [-0.25, -0.2) is 14.3 Å². The van der Waals surface area contributed by atoms with Gasteiger partial charge in [0.05, 0.1) is 6.54 Å². The molecule has 0 bridgehead atoms. The largest absolute Gasteiger partial charge is 0.444 e. The molecular formula is C36H52N6O9S. The molecule has 1 aromatic rings. The number of nitrogens with one attached hydrogen (secondary N) is 3. The highest BCUT2D eigenvalue weighted by Gasteiger charge is 2.62. The summed E-state index contributed by atoms with van der Waals surface area (Å²) in [5.74, 6) is -2.63. The molecule has 5 rings (SSSR count). The maximum absolute atomic E-state index is 14.3. The Kier molecular flexibility index (Phi) is 11.6. The van der Waals surface area contributed by atoms with E-state index < -0.39 is 81.4 Å². The molecule has 3 heterocycles. The van der Waals surface area contributed by atoms with Crippen LogP contribution in [-0.4, -0.2) is 101 Å². The minimum Gasteiger partial charge on any atom is -0.444 e. The second-order valence-corrected chi connectivity index (χ2v) is 17.2. The molecule has 3 N–H and O–H groups in total. The van der Waals surface area contributed by atoms with Crippen LogP contribution in [0.3, 0.4) is 0 Å². The van der Waals surface area contributed by atoms with Crippen molar-refractivity contribution in [2.24, 2.45) is 5.92 Å². The first kappa shape index (κ1) is 39.0. The molecule has 5 amide bonds. The Morgan fingerprint density at radius 1 is 1.06 bits per heavy atom. The fourth-order valence-corrected chi connectivity index (χ4v) is 7.97. The lowest BCUT2D eigenvalue weighted by Crippen LogP contribution is -2.59. The smallest absolute Gasteiger partial charge is 0.410 e. The number of hydrogen-bond donors (Lipinski definition) is 3. The van der Waals surface area contributed by atoms with Gasteiger partial charge in [-0.15, -0.1) is 0 Å². The summed E-state index contributed by atoms with van der Waals surface area (Å²) in [5.41, 5.74) is -0.404. The predicted molar refractivity (Wildman–Crippen MR) is 190 cm³/mol. The molecule has 0 radical (unpaired) electrons. The van der Waals surface area contributed by atoms with Gasteiger partial charge in [-0.1, -0.05) is 49.3 Å². The van der Waals surface area contributed by atoms with Crippen molar-refractivity contribution in [2.45, 2.75) is 128 Å². The molecule has 1 aromatic carbocycles. The quantitative estimate of drug-likeness (QED) is 0.369. The number of carbonyl (C=O) groups excluding carboxylic acids is 5. The Hall–Kier alpha value is -4.18. The Balaban J connectivity index is 1.41. The van der Waals surface area contributed by atoms with Crippen molar-refractivity contribution in [3.05, 3.63) is 47.5 Å². The number of amides is 5. The third-order valence-electron chi connectivity index (χ3n) is 10.0. The molecule has 1 aliphatic carbocycles. The highest BCUT2D eigenvalue weighted by molar-refractivity contribution is 7.87. The van der Waals surface area contributed by atoms with Crippen molar-refractivity contribution in [3.8, 4) is 0 Å². The van der Waals surface area contributed by atoms with Gasteiger partial charge in [0.25, 0.3) is 5.91 Å². The summed E-state index contributed by atoms with van der Waals surface area (Å²) in [6.07, 6.45) is 4.59. The number of fused-ring (bicyclic) bond motifs is 3. The zero-order valence-electron chi connectivity index (χ0n) is 30.8. The standard InChI is InChI=1S/C36H52N6O9S/c1-23(2)40(6)52(48,49)39-32(45)36-19-26(36)16-10-8-7-9-11-17-28(37-33(46)51-35(3,4)5)31(44)42-22-27(18-29(42)30(43)38-36)50-34(47)41-20-24-14-12-13-15-25(24)21-41/h10,12-16,23,26-29H,7-9,11,17-22H2,1-6H3,(H,37,46)(H,38,43)(H,39,45)/b16-10-/t26-,27-,28+,29+,36-/m1/s1. The Morgan fingerprint density at radius 2 is 1.73 bits per heavy atom. The van der Waals surface area contributed by atoms with Crippen LogP contribution >= 0.6 is 0 Å². The fourth-order valence-electron chi connectivity index (χ4n) is 6.85. The predicted octanol–water partition coefficient (Wildman–Crippen LogP) is 3.10. The maximum atomic E-state index is 14.3. The molecule has 4 aliphatic rings. The van der Waals surface area contributed by atoms with Crippen LogP contribution in [0.25, 0.3) is 0 Å². The second kappa shape index (κ2) is 15.4. The summed E-state index contributed by atoms with van der Waals surface area (Å²) in [6.45, 7) is 9.04. The van der Waals surface area contributed by atoms with Gasteiger partial charge in [-0.3, -0.25) is 19.3 Å². The van der Waals surface area contributed by atoms with Crippen LogP contribution in [0, 0.1) is 5.92 Å². The van der Waals surface area contributed by atoms with E-state index in [2.05, 4.69) is 15.4 Å². The first-order chi connectivity index (χ1) is 24.4. The normalized spacial score (nSPS) is 27.4. The third-order valence-corrected chi connectivity index (χ3v) is 11.7. The molecule has 3 aliphatic heterocycles. The van der Waals surface area contributed by atoms with Crippen LogP contribution in [-0.2, 0) is 47.2 Å². The van der Waals surface area contributed by atoms with Gasteiger partial charge in [0.15, 0.2) is 0 Å². The van der Waals surface area contributed by atoms with Gasteiger partial charge >= 0.3 is 22.4 Å². The second-order valence-electron chi connectivity index (χ2n) is 15.5. The molecule has 2 fully saturated rings. The van der Waals surface area contributed by atoms with Gasteiger partial charge in [-0.05, 0) is 71.4 Å². The maximum Gasteiger partial charge on any atom is 0.410 e. The lowest BCUT2D eigenvalue weighted by atomic mass is 10.0. The van der Waals surface area contributed by atoms with Gasteiger partial charge < -0.3 is 25.0 Å². The van der Waals surface area contributed by atoms with Crippen molar-refractivity contribution in [1.29, 1.82) is 0 Å². The monoisotopic (exact) mass is 744 g/mol. The van der Waals surface area contributed by atoms with E-state index in [1.54, 1.807) is 39.5 Å². The highest BCUT2D eigenvalue weighted by Crippen LogP contribution is 2.46. The van der Waals surface area contributed by atoms with Crippen molar-refractivity contribution < 1.29 is 41.9 Å². The van der Waals surface area contributed by atoms with Crippen molar-refractivity contribution in [3.63, 3.8) is 0 Å². The van der Waals surface area contributed by atoms with Crippen molar-refractivity contribution in [1.82, 2.24) is 29.5 Å². The van der Waals surface area contributed by atoms with E-state index in [9.17, 15) is 32.4 Å². The van der Waals surface area contributed by atoms with Crippen LogP contribution in [0.2, 0.25) is 0 Å². The van der Waals surface area contributed by atoms with E-state index in [0.29, 0.717) is 25.9 Å². The molecule has 0 unspecified atom stereocenters. The molecule has 1 saturated carbocycles. The number of allylic oxidation sites excluding steroid dienone is 1. The van der Waals surface area contributed by atoms with Crippen LogP contribution in [0.1, 0.15) is 90.7 Å². The van der Waals surface area contributed by atoms with E-state index in [0.717, 1.165) is 28.3 Å². The molecule has 16 heteroatoms. The van der Waals surface area contributed by atoms with Gasteiger partial charge in [0.1, 0.15) is 29.3 Å². The van der Waals surface area contributed by atoms with E-state index in [1.165, 1.54) is 11.9 Å². The Labute approximate surface area is 306 Å². The number of hydrogen-bond acceptors (Lipinski definition) is 9. The molecule has 0 spiro atoms. The van der Waals surface area contributed by atoms with E-state index in [4.69, 9.17) is 9.47 Å². The topological polar surface area (TPSA) is 184 Å². The zero-order valence-corrected chi connectivity index (χ0v) is 31.7. The molecular weight excluding hydrogens is 692 g/mol. The van der Waals surface area contributed by atoms with Gasteiger partial charge in [0, 0.05) is 38.5 Å². The molecule has 15 nitrogen and oxygen atoms in total. The van der Waals surface area contributed by atoms with Gasteiger partial charge in [-0.2, -0.15) is 12.7 Å². The Bertz CT molecular complexity index is 1670. The molecule has 1 saturated heterocycles. The van der Waals surface area contributed by atoms with Gasteiger partial charge in [0.2, 0.25) is 11.8 Å². The summed E-state index contributed by atoms with van der Waals surface area (Å²) in [4.78, 5) is 71.4. The van der Waals surface area contributed by atoms with Crippen LogP contribution < -0.4 is 15.4 Å². The number of nitrogens with zero attached hydrogens (tertiary/aromatic N) is 3. The molecule has 0 aromatic heterocycles. The van der Waals surface area contributed by atoms with Crippen LogP contribution in [0.4, 0.5) is 9.59 Å². The highest BCUT2D eigenvalue weighted by atomic mass is 32.2. The summed E-state index contributed by atoms with van der Waals surface area (Å²) in [5, 5.41) is 5.50. The van der Waals surface area contributed by atoms with E-state index in [1.807, 2.05) is 36.4 Å². The van der Waals surface area contributed by atoms with Crippen LogP contribution in [0.15, 0.2) is 36.4 Å². The lowest BCUT2D eigenvalue weighted by molar-refractivity contribution is -0.141. The third kappa shape index (κ3) is 9.06. The first-order valence-corrected chi connectivity index (χ1v) is 19.5. The summed E-state index contributed by atoms with van der Waals surface area (Å²) < 4.78 is 40.6. The number of benzene rings is 1. The number of carbonyl (C=O) groups is 5. The number of alkyl carbamates (subject to hydrolysis) is 1. The number of rotatable bonds is 6. The SMILES string of the molecule is CC(C)N(C)S(=O)(=O)NC(=O)[C@@]12C[C@H]1/C=C\CCCCC[C@H](NC(=O)OC(C)(C)C)C(=O)N1C[C@H](OC(=O)N3Cc4ccccc4C3)C[C@H]1C(=O)N2. The van der Waals surface area contributed by atoms with E-state index >= 15 is 0 Å². The summed E-state index contributed by atoms with van der Waals surface area (Å²) >= 11 is 0. The Morgan fingerprint density at radius 3 is 2.37 bits per heavy atom. The first-order valence-electron chi connectivity index (χ1n) is 18.0. The number of ether oxygens (including phenoxy) is 2. The minimum atomic E-state index is -4.23. The average Bonchev–Trinajstić information content (AvgIpc) is 3.36. The fraction of sp³-hybridized carbons (Fsp3) is 0.639. The van der Waals surface area contributed by atoms with Crippen molar-refractivity contribution in [2.75, 3.05) is 13.6 Å². The lowest BCUT2D eigenvalue weighted by Gasteiger charge is -2.30. The average molecular weight is 745 g/mol. The molecule has 52 heavy (non-hydrogen) atoms. The molecule has 5 atom stereocenters. The summed E-state index contributed by atoms with van der Waals surface area (Å²) in [6, 6.07) is 4.99. The van der Waals surface area contributed by atoms with Crippen LogP contribution in [0.5, 0.6) is 0 Å². The minimum absolute atomic E-state index is 0.0736. The molecule has 286 valence electrons.